The van der Waals surface area contributed by atoms with Gasteiger partial charge < -0.3 is 20.1 Å². The number of benzene rings is 1. The number of carboxylic acids is 1. The molecule has 42 heavy (non-hydrogen) atoms. The monoisotopic (exact) mass is 612 g/mol. The zero-order valence-electron chi connectivity index (χ0n) is 22.8. The van der Waals surface area contributed by atoms with Crippen molar-refractivity contribution < 1.29 is 40.9 Å². The summed E-state index contributed by atoms with van der Waals surface area (Å²) in [6.45, 7) is 1.76. The van der Waals surface area contributed by atoms with E-state index in [9.17, 15) is 17.4 Å². The Hall–Kier alpha value is -4.08. The van der Waals surface area contributed by atoms with Crippen molar-refractivity contribution in [2.75, 3.05) is 19.9 Å². The fourth-order valence-corrected chi connectivity index (χ4v) is 8.19. The number of aromatic nitrogens is 3. The van der Waals surface area contributed by atoms with Crippen molar-refractivity contribution in [3.05, 3.63) is 48.0 Å². The van der Waals surface area contributed by atoms with E-state index >= 15 is 4.39 Å². The van der Waals surface area contributed by atoms with Gasteiger partial charge in [-0.2, -0.15) is 13.2 Å². The molecule has 0 bridgehead atoms. The SMILES string of the molecule is CN=[S@]1(=O)C[C@@](C)(c2cc(-c3cc(-c4cnc(OC)cn4)no3)ccc2F)N=C(N)C12CCCC2.O=C(O)C(F)(F)F. The molecule has 226 valence electrons. The molecule has 3 heterocycles. The molecular weight excluding hydrogens is 584 g/mol. The number of aliphatic carboxylic acids is 1. The predicted octanol–water partition coefficient (Wildman–Crippen LogP) is 4.58. The van der Waals surface area contributed by atoms with E-state index in [0.29, 0.717) is 47.3 Å². The Bertz CT molecular complexity index is 1630. The normalized spacial score (nSPS) is 23.1. The molecule has 0 unspecified atom stereocenters. The first-order valence-corrected chi connectivity index (χ1v) is 14.3. The molecule has 16 heteroatoms. The minimum Gasteiger partial charge on any atom is -0.480 e. The van der Waals surface area contributed by atoms with E-state index in [2.05, 4.69) is 19.5 Å². The molecule has 1 fully saturated rings. The van der Waals surface area contributed by atoms with Crippen molar-refractivity contribution in [3.63, 3.8) is 0 Å². The average Bonchev–Trinajstić information content (AvgIpc) is 3.64. The number of carbonyl (C=O) groups is 1. The van der Waals surface area contributed by atoms with Gasteiger partial charge in [0.15, 0.2) is 5.76 Å². The van der Waals surface area contributed by atoms with Crippen LogP contribution < -0.4 is 10.5 Å². The molecule has 1 aliphatic heterocycles. The third-order valence-electron chi connectivity index (χ3n) is 7.31. The molecule has 11 nitrogen and oxygen atoms in total. The lowest BCUT2D eigenvalue weighted by Crippen LogP contribution is -2.56. The fraction of sp³-hybridized carbons (Fsp3) is 0.423. The van der Waals surface area contributed by atoms with Crippen LogP contribution >= 0.6 is 0 Å². The summed E-state index contributed by atoms with van der Waals surface area (Å²) in [6.07, 6.45) is 1.16. The topological polar surface area (TPSA) is 166 Å². The van der Waals surface area contributed by atoms with Gasteiger partial charge in [-0.15, -0.1) is 0 Å². The number of alkyl halides is 3. The Balaban J connectivity index is 0.000000517. The number of hydrogen-bond acceptors (Lipinski definition) is 10. The molecule has 3 N–H and O–H groups in total. The van der Waals surface area contributed by atoms with Gasteiger partial charge in [0, 0.05) is 24.2 Å². The van der Waals surface area contributed by atoms with Crippen molar-refractivity contribution in [3.8, 4) is 28.6 Å². The van der Waals surface area contributed by atoms with E-state index in [1.807, 2.05) is 0 Å². The van der Waals surface area contributed by atoms with E-state index < -0.39 is 38.0 Å². The molecule has 2 aliphatic rings. The molecule has 3 aromatic rings. The molecule has 0 saturated heterocycles. The van der Waals surface area contributed by atoms with Crippen molar-refractivity contribution >= 4 is 21.5 Å². The number of nitrogens with zero attached hydrogens (tertiary/aromatic N) is 5. The number of methoxy groups -OCH3 is 1. The maximum Gasteiger partial charge on any atom is 0.490 e. The van der Waals surface area contributed by atoms with Crippen LogP contribution in [0, 0.1) is 5.82 Å². The van der Waals surface area contributed by atoms with E-state index in [0.717, 1.165) is 12.8 Å². The maximum absolute atomic E-state index is 15.2. The van der Waals surface area contributed by atoms with Crippen molar-refractivity contribution in [2.45, 2.75) is 49.1 Å². The summed E-state index contributed by atoms with van der Waals surface area (Å²) < 4.78 is 75.2. The van der Waals surface area contributed by atoms with Crippen molar-refractivity contribution in [1.29, 1.82) is 0 Å². The molecule has 1 aromatic carbocycles. The minimum atomic E-state index is -5.08. The fourth-order valence-electron chi connectivity index (χ4n) is 5.16. The Labute approximate surface area is 238 Å². The number of halogens is 4. The minimum absolute atomic E-state index is 0.0979. The number of aliphatic imine (C=N–C) groups is 1. The van der Waals surface area contributed by atoms with Gasteiger partial charge in [0.1, 0.15) is 33.3 Å². The van der Waals surface area contributed by atoms with Crippen molar-refractivity contribution in [1.82, 2.24) is 15.1 Å². The zero-order valence-corrected chi connectivity index (χ0v) is 23.6. The van der Waals surface area contributed by atoms with Gasteiger partial charge in [-0.25, -0.2) is 27.7 Å². The van der Waals surface area contributed by atoms with Gasteiger partial charge >= 0.3 is 12.1 Å². The lowest BCUT2D eigenvalue weighted by molar-refractivity contribution is -0.192. The highest BCUT2D eigenvalue weighted by molar-refractivity contribution is 7.95. The van der Waals surface area contributed by atoms with Crippen LogP contribution in [0.2, 0.25) is 0 Å². The Kier molecular flexibility index (Phi) is 8.31. The number of rotatable bonds is 4. The smallest absolute Gasteiger partial charge is 0.480 e. The van der Waals surface area contributed by atoms with Crippen LogP contribution in [0.15, 0.2) is 50.5 Å². The van der Waals surface area contributed by atoms with Crippen LogP contribution in [0.3, 0.4) is 0 Å². The summed E-state index contributed by atoms with van der Waals surface area (Å²) >= 11 is 0. The molecule has 1 spiro atoms. The molecule has 2 atom stereocenters. The average molecular weight is 613 g/mol. The third-order valence-corrected chi connectivity index (χ3v) is 10.7. The number of carboxylic acid groups (broad SMARTS) is 1. The van der Waals surface area contributed by atoms with Crippen LogP contribution in [0.1, 0.15) is 38.2 Å². The predicted molar refractivity (Wildman–Crippen MR) is 145 cm³/mol. The summed E-state index contributed by atoms with van der Waals surface area (Å²) in [7, 11) is 0.307. The molecule has 5 rings (SSSR count). The van der Waals surface area contributed by atoms with Crippen LogP contribution in [0.5, 0.6) is 5.88 Å². The van der Waals surface area contributed by atoms with Gasteiger partial charge in [0.05, 0.1) is 35.0 Å². The molecule has 2 aromatic heterocycles. The summed E-state index contributed by atoms with van der Waals surface area (Å²) in [6, 6.07) is 6.30. The van der Waals surface area contributed by atoms with Gasteiger partial charge in [-0.05, 0) is 38.0 Å². The standard InChI is InChI=1S/C24H27FN6O3S.C2HF3O2/c1-23(14-35(32,27-2)24(22(26)30-23)8-4-5-9-24)16-10-15(6-7-17(16)25)20-11-18(31-34-20)19-12-29-21(33-3)13-28-19;3-2(4,5)1(6)7/h6-7,10-13H,4-5,8-9,14H2,1-3H3,(H2,26,30);(H,6,7)/t23-,35-;/m0./s1. The zero-order chi connectivity index (χ0) is 30.9. The van der Waals surface area contributed by atoms with E-state index in [-0.39, 0.29) is 11.3 Å². The lowest BCUT2D eigenvalue weighted by Gasteiger charge is -2.42. The highest BCUT2D eigenvalue weighted by atomic mass is 32.2. The van der Waals surface area contributed by atoms with Crippen LogP contribution in [-0.4, -0.2) is 67.1 Å². The second kappa shape index (κ2) is 11.3. The summed E-state index contributed by atoms with van der Waals surface area (Å²) in [5.41, 5.74) is 7.18. The highest BCUT2D eigenvalue weighted by Gasteiger charge is 2.54. The number of nitrogens with two attached hydrogens (primary N) is 1. The van der Waals surface area contributed by atoms with Gasteiger partial charge in [0.2, 0.25) is 5.88 Å². The molecular formula is C26H28F4N6O5S. The summed E-state index contributed by atoms with van der Waals surface area (Å²) in [5.74, 6) is -2.01. The Morgan fingerprint density at radius 3 is 2.38 bits per heavy atom. The second-order valence-electron chi connectivity index (χ2n) is 9.96. The van der Waals surface area contributed by atoms with Crippen LogP contribution in [-0.2, 0) is 20.1 Å². The first-order valence-electron chi connectivity index (χ1n) is 12.6. The quantitative estimate of drug-likeness (QED) is 0.401. The first kappa shape index (κ1) is 30.9. The summed E-state index contributed by atoms with van der Waals surface area (Å²) in [5, 5.41) is 11.2. The van der Waals surface area contributed by atoms with Gasteiger partial charge in [-0.3, -0.25) is 4.99 Å². The first-order chi connectivity index (χ1) is 19.7. The van der Waals surface area contributed by atoms with Crippen LogP contribution in [0.25, 0.3) is 22.7 Å². The van der Waals surface area contributed by atoms with Gasteiger partial charge in [0.25, 0.3) is 0 Å². The Morgan fingerprint density at radius 1 is 1.17 bits per heavy atom. The van der Waals surface area contributed by atoms with Crippen molar-refractivity contribution in [2.24, 2.45) is 15.1 Å². The third kappa shape index (κ3) is 5.67. The number of ether oxygens (including phenoxy) is 1. The number of hydrogen-bond donors (Lipinski definition) is 2. The molecule has 0 radical (unpaired) electrons. The van der Waals surface area contributed by atoms with Crippen LogP contribution in [0.4, 0.5) is 17.6 Å². The molecule has 1 saturated carbocycles. The van der Waals surface area contributed by atoms with Gasteiger partial charge in [-0.1, -0.05) is 18.0 Å². The van der Waals surface area contributed by atoms with E-state index in [1.54, 1.807) is 32.2 Å². The lowest BCUT2D eigenvalue weighted by atomic mass is 9.91. The molecule has 0 amide bonds. The maximum atomic E-state index is 15.2. The van der Waals surface area contributed by atoms with E-state index in [1.165, 1.54) is 25.6 Å². The highest BCUT2D eigenvalue weighted by Crippen LogP contribution is 2.46. The second-order valence-corrected chi connectivity index (χ2v) is 12.7. The molecule has 1 aliphatic carbocycles. The largest absolute Gasteiger partial charge is 0.490 e. The van der Waals surface area contributed by atoms with E-state index in [4.69, 9.17) is 29.9 Å². The number of amidine groups is 1. The Morgan fingerprint density at radius 2 is 1.83 bits per heavy atom. The summed E-state index contributed by atoms with van der Waals surface area (Å²) in [4.78, 5) is 22.1.